The Balaban J connectivity index is 2.75. The first-order chi connectivity index (χ1) is 8.82. The number of amides is 1. The third-order valence-electron chi connectivity index (χ3n) is 2.65. The molecule has 1 rings (SSSR count). The van der Waals surface area contributed by atoms with Crippen molar-refractivity contribution in [3.05, 3.63) is 27.5 Å². The maximum atomic E-state index is 11.9. The van der Waals surface area contributed by atoms with Gasteiger partial charge in [-0.15, -0.1) is 0 Å². The summed E-state index contributed by atoms with van der Waals surface area (Å²) in [5.74, 6) is -2.09. The van der Waals surface area contributed by atoms with Crippen molar-refractivity contribution in [3.63, 3.8) is 0 Å². The van der Waals surface area contributed by atoms with Gasteiger partial charge in [0.2, 0.25) is 0 Å². The number of nitrogens with zero attached hydrogens (tertiary/aromatic N) is 1. The number of halogens is 2. The van der Waals surface area contributed by atoms with Gasteiger partial charge in [0.1, 0.15) is 5.15 Å². The molecule has 0 aromatic carbocycles. The smallest absolute Gasteiger partial charge is 0.308 e. The lowest BCUT2D eigenvalue weighted by Gasteiger charge is -2.16. The third kappa shape index (κ3) is 4.47. The first kappa shape index (κ1) is 15.9. The highest BCUT2D eigenvalue weighted by Gasteiger charge is 2.22. The third-order valence-corrected chi connectivity index (χ3v) is 3.39. The van der Waals surface area contributed by atoms with Gasteiger partial charge in [-0.1, -0.05) is 25.4 Å². The lowest BCUT2D eigenvalue weighted by atomic mass is 9.96. The molecule has 0 bridgehead atoms. The van der Waals surface area contributed by atoms with Crippen molar-refractivity contribution < 1.29 is 14.7 Å². The van der Waals surface area contributed by atoms with Crippen LogP contribution >= 0.6 is 27.5 Å². The van der Waals surface area contributed by atoms with Gasteiger partial charge in [0.15, 0.2) is 0 Å². The van der Waals surface area contributed by atoms with E-state index in [0.717, 1.165) is 0 Å². The normalized spacial score (nSPS) is 12.3. The van der Waals surface area contributed by atoms with Gasteiger partial charge in [0, 0.05) is 17.2 Å². The zero-order valence-electron chi connectivity index (χ0n) is 10.5. The Morgan fingerprint density at radius 2 is 2.16 bits per heavy atom. The number of hydrogen-bond donors (Lipinski definition) is 2. The van der Waals surface area contributed by atoms with Crippen molar-refractivity contribution in [2.45, 2.75) is 13.8 Å². The molecule has 1 aromatic heterocycles. The number of rotatable bonds is 5. The van der Waals surface area contributed by atoms with Crippen LogP contribution in [0.3, 0.4) is 0 Å². The highest BCUT2D eigenvalue weighted by atomic mass is 79.9. The predicted molar refractivity (Wildman–Crippen MR) is 75.2 cm³/mol. The summed E-state index contributed by atoms with van der Waals surface area (Å²) in [4.78, 5) is 26.8. The molecule has 1 unspecified atom stereocenters. The average molecular weight is 350 g/mol. The van der Waals surface area contributed by atoms with Crippen molar-refractivity contribution in [2.24, 2.45) is 11.8 Å². The number of pyridine rings is 1. The fourth-order valence-electron chi connectivity index (χ4n) is 1.49. The molecule has 5 nitrogen and oxygen atoms in total. The molecule has 0 aliphatic carbocycles. The van der Waals surface area contributed by atoms with E-state index in [-0.39, 0.29) is 23.2 Å². The molecule has 0 aliphatic rings. The Bertz CT molecular complexity index is 494. The summed E-state index contributed by atoms with van der Waals surface area (Å²) in [6, 6.07) is 1.54. The quantitative estimate of drug-likeness (QED) is 0.801. The molecule has 1 heterocycles. The number of aromatic nitrogens is 1. The van der Waals surface area contributed by atoms with E-state index in [1.54, 1.807) is 13.8 Å². The van der Waals surface area contributed by atoms with Crippen molar-refractivity contribution in [1.29, 1.82) is 0 Å². The van der Waals surface area contributed by atoms with E-state index in [1.165, 1.54) is 12.3 Å². The van der Waals surface area contributed by atoms with Gasteiger partial charge in [-0.05, 0) is 27.9 Å². The van der Waals surface area contributed by atoms with Crippen molar-refractivity contribution in [3.8, 4) is 0 Å². The van der Waals surface area contributed by atoms with Gasteiger partial charge in [0.25, 0.3) is 5.91 Å². The molecule has 0 radical (unpaired) electrons. The number of carbonyl (C=O) groups is 2. The highest BCUT2D eigenvalue weighted by molar-refractivity contribution is 9.10. The molecule has 2 N–H and O–H groups in total. The van der Waals surface area contributed by atoms with E-state index < -0.39 is 17.8 Å². The Kier molecular flexibility index (Phi) is 5.75. The summed E-state index contributed by atoms with van der Waals surface area (Å²) in [5, 5.41) is 11.7. The van der Waals surface area contributed by atoms with Crippen LogP contribution in [0, 0.1) is 11.8 Å². The molecule has 1 aromatic rings. The van der Waals surface area contributed by atoms with E-state index in [2.05, 4.69) is 26.2 Å². The van der Waals surface area contributed by atoms with Crippen molar-refractivity contribution in [2.75, 3.05) is 6.54 Å². The number of hydrogen-bond acceptors (Lipinski definition) is 3. The van der Waals surface area contributed by atoms with Crippen LogP contribution in [0.25, 0.3) is 0 Å². The highest BCUT2D eigenvalue weighted by Crippen LogP contribution is 2.18. The lowest BCUT2D eigenvalue weighted by Crippen LogP contribution is -2.35. The van der Waals surface area contributed by atoms with Gasteiger partial charge < -0.3 is 10.4 Å². The number of carboxylic acids is 1. The first-order valence-corrected chi connectivity index (χ1v) is 6.82. The monoisotopic (exact) mass is 348 g/mol. The second-order valence-corrected chi connectivity index (χ2v) is 5.66. The summed E-state index contributed by atoms with van der Waals surface area (Å²) in [6.45, 7) is 3.63. The number of carbonyl (C=O) groups excluding carboxylic acids is 1. The SMILES string of the molecule is CC(C)C(CNC(=O)c1cc(Br)cnc1Cl)C(=O)O. The maximum absolute atomic E-state index is 11.9. The van der Waals surface area contributed by atoms with E-state index in [9.17, 15) is 9.59 Å². The minimum atomic E-state index is -0.936. The zero-order chi connectivity index (χ0) is 14.6. The lowest BCUT2D eigenvalue weighted by molar-refractivity contribution is -0.142. The van der Waals surface area contributed by atoms with Crippen LogP contribution in [-0.2, 0) is 4.79 Å². The molecule has 0 saturated heterocycles. The van der Waals surface area contributed by atoms with Gasteiger partial charge in [-0.25, -0.2) is 4.98 Å². The standard InChI is InChI=1S/C12H14BrClN2O3/c1-6(2)9(12(18)19)5-16-11(17)8-3-7(13)4-15-10(8)14/h3-4,6,9H,5H2,1-2H3,(H,16,17)(H,18,19). The Labute approximate surface area is 124 Å². The first-order valence-electron chi connectivity index (χ1n) is 5.65. The molecule has 7 heteroatoms. The summed E-state index contributed by atoms with van der Waals surface area (Å²) in [7, 11) is 0. The summed E-state index contributed by atoms with van der Waals surface area (Å²) in [5.41, 5.74) is 0.212. The number of aliphatic carboxylic acids is 1. The number of carboxylic acid groups (broad SMARTS) is 1. The van der Waals surface area contributed by atoms with Gasteiger partial charge >= 0.3 is 5.97 Å². The van der Waals surface area contributed by atoms with Gasteiger partial charge in [0.05, 0.1) is 11.5 Å². The maximum Gasteiger partial charge on any atom is 0.308 e. The van der Waals surface area contributed by atoms with E-state index in [4.69, 9.17) is 16.7 Å². The minimum Gasteiger partial charge on any atom is -0.481 e. The molecule has 0 spiro atoms. The van der Waals surface area contributed by atoms with Gasteiger partial charge in [-0.2, -0.15) is 0 Å². The molecule has 0 aliphatic heterocycles. The molecule has 1 atom stereocenters. The minimum absolute atomic E-state index is 0.0503. The largest absolute Gasteiger partial charge is 0.481 e. The van der Waals surface area contributed by atoms with Crippen LogP contribution in [0.2, 0.25) is 5.15 Å². The molecule has 19 heavy (non-hydrogen) atoms. The fraction of sp³-hybridized carbons (Fsp3) is 0.417. The summed E-state index contributed by atoms with van der Waals surface area (Å²) >= 11 is 9.02. The van der Waals surface area contributed by atoms with Crippen LogP contribution in [-0.4, -0.2) is 28.5 Å². The topological polar surface area (TPSA) is 79.3 Å². The number of nitrogens with one attached hydrogen (secondary N) is 1. The van der Waals surface area contributed by atoms with Crippen LogP contribution in [0.15, 0.2) is 16.7 Å². The fourth-order valence-corrected chi connectivity index (χ4v) is 2.01. The second kappa shape index (κ2) is 6.86. The second-order valence-electron chi connectivity index (χ2n) is 4.39. The van der Waals surface area contributed by atoms with E-state index in [0.29, 0.717) is 4.47 Å². The molecule has 0 saturated carbocycles. The molecule has 104 valence electrons. The Hall–Kier alpha value is -1.14. The molecular weight excluding hydrogens is 336 g/mol. The van der Waals surface area contributed by atoms with Crippen LogP contribution in [0.5, 0.6) is 0 Å². The summed E-state index contributed by atoms with van der Waals surface area (Å²) < 4.78 is 0.626. The summed E-state index contributed by atoms with van der Waals surface area (Å²) in [6.07, 6.45) is 1.48. The van der Waals surface area contributed by atoms with Crippen molar-refractivity contribution >= 4 is 39.4 Å². The molecule has 1 amide bonds. The predicted octanol–water partition coefficient (Wildman–Crippen LogP) is 2.58. The Morgan fingerprint density at radius 1 is 1.53 bits per heavy atom. The van der Waals surface area contributed by atoms with Crippen LogP contribution in [0.4, 0.5) is 0 Å². The average Bonchev–Trinajstić information content (AvgIpc) is 2.31. The zero-order valence-corrected chi connectivity index (χ0v) is 12.8. The molecular formula is C12H14BrClN2O3. The Morgan fingerprint density at radius 3 is 2.68 bits per heavy atom. The van der Waals surface area contributed by atoms with Crippen LogP contribution < -0.4 is 5.32 Å². The van der Waals surface area contributed by atoms with E-state index >= 15 is 0 Å². The van der Waals surface area contributed by atoms with Gasteiger partial charge in [-0.3, -0.25) is 9.59 Å². The van der Waals surface area contributed by atoms with Crippen molar-refractivity contribution in [1.82, 2.24) is 10.3 Å². The molecule has 0 fully saturated rings. The van der Waals surface area contributed by atoms with E-state index in [1.807, 2.05) is 0 Å². The van der Waals surface area contributed by atoms with Crippen LogP contribution in [0.1, 0.15) is 24.2 Å².